The molecule has 0 bridgehead atoms. The molecule has 3 N–H and O–H groups in total. The minimum Gasteiger partial charge on any atom is -0.405 e. The van der Waals surface area contributed by atoms with Crippen LogP contribution in [0.3, 0.4) is 0 Å². The van der Waals surface area contributed by atoms with Crippen LogP contribution in [0.2, 0.25) is 0 Å². The number of carbonyl (C=O) groups excluding carboxylic acids is 1. The van der Waals surface area contributed by atoms with Gasteiger partial charge in [-0.2, -0.15) is 5.10 Å². The molecule has 0 atom stereocenters. The number of nitrogens with zero attached hydrogens (tertiary/aromatic N) is 1. The zero-order valence-corrected chi connectivity index (χ0v) is 16.3. The average Bonchev–Trinajstić information content (AvgIpc) is 3.24. The molecule has 1 heterocycles. The molecule has 9 heteroatoms. The van der Waals surface area contributed by atoms with E-state index in [0.717, 1.165) is 6.07 Å². The van der Waals surface area contributed by atoms with E-state index >= 15 is 0 Å². The van der Waals surface area contributed by atoms with Crippen molar-refractivity contribution in [1.82, 2.24) is 10.2 Å². The van der Waals surface area contributed by atoms with Crippen molar-refractivity contribution in [3.63, 3.8) is 0 Å². The van der Waals surface area contributed by atoms with E-state index in [4.69, 9.17) is 5.73 Å². The number of benzene rings is 3. The zero-order chi connectivity index (χ0) is 22.9. The second-order valence-electron chi connectivity index (χ2n) is 6.85. The first-order chi connectivity index (χ1) is 15.2. The molecule has 4 aromatic rings. The highest BCUT2D eigenvalue weighted by atomic mass is 19.4. The summed E-state index contributed by atoms with van der Waals surface area (Å²) in [6.45, 7) is 0. The lowest BCUT2D eigenvalue weighted by atomic mass is 9.96. The molecule has 0 aliphatic heterocycles. The lowest BCUT2D eigenvalue weighted by molar-refractivity contribution is -0.274. The number of halogens is 4. The summed E-state index contributed by atoms with van der Waals surface area (Å²) in [5.41, 5.74) is 7.33. The van der Waals surface area contributed by atoms with Gasteiger partial charge in [0.1, 0.15) is 17.3 Å². The summed E-state index contributed by atoms with van der Waals surface area (Å²) in [5, 5.41) is 6.52. The number of primary amides is 1. The maximum atomic E-state index is 14.3. The number of carbonyl (C=O) groups is 1. The van der Waals surface area contributed by atoms with E-state index in [1.807, 2.05) is 0 Å². The number of alkyl halides is 3. The summed E-state index contributed by atoms with van der Waals surface area (Å²) in [6, 6.07) is 17.8. The molecule has 4 rings (SSSR count). The maximum absolute atomic E-state index is 14.3. The second-order valence-corrected chi connectivity index (χ2v) is 6.85. The van der Waals surface area contributed by atoms with Crippen LogP contribution in [0.15, 0.2) is 72.8 Å². The molecule has 1 amide bonds. The number of aromatic nitrogens is 2. The van der Waals surface area contributed by atoms with Gasteiger partial charge in [-0.05, 0) is 41.5 Å². The van der Waals surface area contributed by atoms with Gasteiger partial charge in [0, 0.05) is 16.7 Å². The molecule has 0 unspecified atom stereocenters. The van der Waals surface area contributed by atoms with Crippen LogP contribution in [0.1, 0.15) is 10.5 Å². The summed E-state index contributed by atoms with van der Waals surface area (Å²) in [5.74, 6) is -1.64. The molecule has 3 aromatic carbocycles. The third-order valence-electron chi connectivity index (χ3n) is 4.70. The van der Waals surface area contributed by atoms with Crippen LogP contribution in [-0.4, -0.2) is 22.5 Å². The van der Waals surface area contributed by atoms with Gasteiger partial charge in [-0.3, -0.25) is 9.89 Å². The molecule has 32 heavy (non-hydrogen) atoms. The molecule has 0 radical (unpaired) electrons. The van der Waals surface area contributed by atoms with Gasteiger partial charge in [-0.1, -0.05) is 42.5 Å². The standard InChI is InChI=1S/C23H15F4N3O2/c24-18-7-2-1-6-16(18)14-8-9-21(32-23(25,26)27)17(11-14)13-4-3-5-15(10-13)19-12-20(22(28)31)30-29-19/h1-12H,(H2,28,31)(H,29,30). The largest absolute Gasteiger partial charge is 0.573 e. The van der Waals surface area contributed by atoms with Crippen molar-refractivity contribution in [2.75, 3.05) is 0 Å². The highest BCUT2D eigenvalue weighted by molar-refractivity contribution is 5.92. The van der Waals surface area contributed by atoms with E-state index < -0.39 is 23.8 Å². The first-order valence-corrected chi connectivity index (χ1v) is 9.32. The molecule has 0 saturated carbocycles. The Hall–Kier alpha value is -4.14. The van der Waals surface area contributed by atoms with Crippen molar-refractivity contribution in [3.8, 4) is 39.3 Å². The van der Waals surface area contributed by atoms with Crippen LogP contribution in [0.5, 0.6) is 5.75 Å². The fraction of sp³-hybridized carbons (Fsp3) is 0.0435. The van der Waals surface area contributed by atoms with Crippen molar-refractivity contribution in [2.45, 2.75) is 6.36 Å². The Bertz CT molecular complexity index is 1300. The lowest BCUT2D eigenvalue weighted by Gasteiger charge is -2.16. The predicted octanol–water partition coefficient (Wildman–Crippen LogP) is 5.55. The fourth-order valence-corrected chi connectivity index (χ4v) is 3.27. The van der Waals surface area contributed by atoms with Gasteiger partial charge in [-0.15, -0.1) is 13.2 Å². The summed E-state index contributed by atoms with van der Waals surface area (Å²) in [7, 11) is 0. The number of nitrogens with two attached hydrogens (primary N) is 1. The average molecular weight is 441 g/mol. The van der Waals surface area contributed by atoms with Crippen LogP contribution in [0.4, 0.5) is 17.6 Å². The molecule has 0 spiro atoms. The van der Waals surface area contributed by atoms with Gasteiger partial charge < -0.3 is 10.5 Å². The number of H-pyrrole nitrogens is 1. The van der Waals surface area contributed by atoms with E-state index in [9.17, 15) is 22.4 Å². The van der Waals surface area contributed by atoms with Crippen LogP contribution in [0, 0.1) is 5.82 Å². The van der Waals surface area contributed by atoms with Crippen molar-refractivity contribution < 1.29 is 27.1 Å². The topological polar surface area (TPSA) is 81.0 Å². The number of nitrogens with one attached hydrogen (secondary N) is 1. The van der Waals surface area contributed by atoms with Gasteiger partial charge in [0.15, 0.2) is 0 Å². The quantitative estimate of drug-likeness (QED) is 0.399. The Morgan fingerprint density at radius 3 is 2.28 bits per heavy atom. The number of ether oxygens (including phenoxy) is 1. The Morgan fingerprint density at radius 2 is 1.59 bits per heavy atom. The molecule has 0 saturated heterocycles. The molecule has 0 aliphatic rings. The van der Waals surface area contributed by atoms with Gasteiger partial charge in [-0.25, -0.2) is 4.39 Å². The first kappa shape index (κ1) is 21.1. The highest BCUT2D eigenvalue weighted by Gasteiger charge is 2.32. The third-order valence-corrected chi connectivity index (χ3v) is 4.70. The molecule has 5 nitrogen and oxygen atoms in total. The zero-order valence-electron chi connectivity index (χ0n) is 16.3. The van der Waals surface area contributed by atoms with E-state index in [-0.39, 0.29) is 16.8 Å². The predicted molar refractivity (Wildman–Crippen MR) is 110 cm³/mol. The highest BCUT2D eigenvalue weighted by Crippen LogP contribution is 2.38. The van der Waals surface area contributed by atoms with E-state index in [1.165, 1.54) is 36.4 Å². The van der Waals surface area contributed by atoms with Crippen molar-refractivity contribution in [3.05, 3.63) is 84.3 Å². The maximum Gasteiger partial charge on any atom is 0.573 e. The van der Waals surface area contributed by atoms with Crippen LogP contribution >= 0.6 is 0 Å². The van der Waals surface area contributed by atoms with Crippen molar-refractivity contribution in [2.24, 2.45) is 5.73 Å². The monoisotopic (exact) mass is 441 g/mol. The normalized spacial score (nSPS) is 11.4. The van der Waals surface area contributed by atoms with Crippen LogP contribution < -0.4 is 10.5 Å². The Labute approximate surface area is 179 Å². The molecule has 162 valence electrons. The van der Waals surface area contributed by atoms with E-state index in [0.29, 0.717) is 22.4 Å². The Kier molecular flexibility index (Phi) is 5.40. The van der Waals surface area contributed by atoms with Gasteiger partial charge >= 0.3 is 6.36 Å². The number of rotatable bonds is 5. The number of amides is 1. The number of hydrogen-bond donors (Lipinski definition) is 2. The van der Waals surface area contributed by atoms with E-state index in [2.05, 4.69) is 14.9 Å². The first-order valence-electron chi connectivity index (χ1n) is 9.32. The molecule has 0 aliphatic carbocycles. The van der Waals surface area contributed by atoms with Gasteiger partial charge in [0.05, 0.1) is 5.69 Å². The van der Waals surface area contributed by atoms with Crippen molar-refractivity contribution in [1.29, 1.82) is 0 Å². The van der Waals surface area contributed by atoms with E-state index in [1.54, 1.807) is 30.3 Å². The Balaban J connectivity index is 1.84. The van der Waals surface area contributed by atoms with Crippen LogP contribution in [-0.2, 0) is 0 Å². The summed E-state index contributed by atoms with van der Waals surface area (Å²) >= 11 is 0. The number of aromatic amines is 1. The van der Waals surface area contributed by atoms with Gasteiger partial charge in [0.25, 0.3) is 5.91 Å². The third kappa shape index (κ3) is 4.46. The smallest absolute Gasteiger partial charge is 0.405 e. The molecule has 1 aromatic heterocycles. The summed E-state index contributed by atoms with van der Waals surface area (Å²) < 4.78 is 57.5. The van der Waals surface area contributed by atoms with Crippen molar-refractivity contribution >= 4 is 5.91 Å². The molecular formula is C23H15F4N3O2. The fourth-order valence-electron chi connectivity index (χ4n) is 3.27. The minimum absolute atomic E-state index is 0.0908. The molecular weight excluding hydrogens is 426 g/mol. The minimum atomic E-state index is -4.91. The van der Waals surface area contributed by atoms with Crippen LogP contribution in [0.25, 0.3) is 33.5 Å². The lowest BCUT2D eigenvalue weighted by Crippen LogP contribution is -2.17. The second kappa shape index (κ2) is 8.18. The molecule has 0 fully saturated rings. The summed E-state index contributed by atoms with van der Waals surface area (Å²) in [6.07, 6.45) is -4.91. The van der Waals surface area contributed by atoms with Gasteiger partial charge in [0.2, 0.25) is 0 Å². The SMILES string of the molecule is NC(=O)c1cc(-c2cccc(-c3cc(-c4ccccc4F)ccc3OC(F)(F)F)c2)n[nH]1. The summed E-state index contributed by atoms with van der Waals surface area (Å²) in [4.78, 5) is 11.3. The Morgan fingerprint density at radius 1 is 0.875 bits per heavy atom. The number of hydrogen-bond acceptors (Lipinski definition) is 3.